The lowest BCUT2D eigenvalue weighted by Gasteiger charge is -2.31. The number of fused-ring (bicyclic) bond motifs is 1. The van der Waals surface area contributed by atoms with Gasteiger partial charge in [-0.3, -0.25) is 9.59 Å². The number of likely N-dealkylation sites (N-methyl/N-ethyl adjacent to an activating group) is 1. The van der Waals surface area contributed by atoms with Crippen molar-refractivity contribution in [2.75, 3.05) is 19.1 Å². The van der Waals surface area contributed by atoms with Gasteiger partial charge in [-0.2, -0.15) is 0 Å². The van der Waals surface area contributed by atoms with Crippen molar-refractivity contribution in [2.24, 2.45) is 0 Å². The van der Waals surface area contributed by atoms with Crippen molar-refractivity contribution in [3.8, 4) is 5.75 Å². The summed E-state index contributed by atoms with van der Waals surface area (Å²) in [6.45, 7) is 1.71. The number of carbonyl (C=O) groups is 2. The number of ether oxygens (including phenoxy) is 2. The Bertz CT molecular complexity index is 745. The first-order valence-electron chi connectivity index (χ1n) is 7.08. The first-order chi connectivity index (χ1) is 11.0. The molecule has 0 N–H and O–H groups in total. The van der Waals surface area contributed by atoms with E-state index in [1.165, 1.54) is 18.4 Å². The zero-order valence-corrected chi connectivity index (χ0v) is 13.8. The predicted molar refractivity (Wildman–Crippen MR) is 85.9 cm³/mol. The Kier molecular flexibility index (Phi) is 4.04. The number of esters is 1. The SMILES string of the molecule is COC(=O)C(c1ccc2c(c1)N(C)C(=O)C(C)O2)c1nccs1. The molecule has 0 aliphatic carbocycles. The number of methoxy groups -OCH3 is 1. The molecule has 2 atom stereocenters. The van der Waals surface area contributed by atoms with E-state index in [4.69, 9.17) is 9.47 Å². The van der Waals surface area contributed by atoms with E-state index < -0.39 is 12.0 Å². The maximum absolute atomic E-state index is 12.2. The second kappa shape index (κ2) is 6.00. The number of anilines is 1. The van der Waals surface area contributed by atoms with Crippen molar-refractivity contribution < 1.29 is 19.1 Å². The summed E-state index contributed by atoms with van der Waals surface area (Å²) in [6, 6.07) is 5.36. The molecule has 120 valence electrons. The molecule has 1 amide bonds. The van der Waals surface area contributed by atoms with Gasteiger partial charge in [0.1, 0.15) is 16.7 Å². The van der Waals surface area contributed by atoms with Crippen LogP contribution in [0, 0.1) is 0 Å². The quantitative estimate of drug-likeness (QED) is 0.806. The standard InChI is InChI=1S/C16H16N2O4S/c1-9-15(19)18(2)11-8-10(4-5-12(11)22-9)13(16(20)21-3)14-17-6-7-23-14/h4-9,13H,1-3H3. The molecule has 7 heteroatoms. The molecule has 0 bridgehead atoms. The highest BCUT2D eigenvalue weighted by atomic mass is 32.1. The summed E-state index contributed by atoms with van der Waals surface area (Å²) >= 11 is 1.38. The maximum Gasteiger partial charge on any atom is 0.320 e. The number of hydrogen-bond donors (Lipinski definition) is 0. The van der Waals surface area contributed by atoms with Crippen LogP contribution in [0.3, 0.4) is 0 Å². The van der Waals surface area contributed by atoms with Gasteiger partial charge < -0.3 is 14.4 Å². The van der Waals surface area contributed by atoms with Gasteiger partial charge >= 0.3 is 5.97 Å². The fraction of sp³-hybridized carbons (Fsp3) is 0.312. The second-order valence-electron chi connectivity index (χ2n) is 5.21. The van der Waals surface area contributed by atoms with Crippen LogP contribution in [0.5, 0.6) is 5.75 Å². The van der Waals surface area contributed by atoms with Crippen LogP contribution in [0.1, 0.15) is 23.4 Å². The molecular formula is C16H16N2O4S. The number of amides is 1. The van der Waals surface area contributed by atoms with Crippen LogP contribution in [0.2, 0.25) is 0 Å². The Morgan fingerprint density at radius 2 is 2.26 bits per heavy atom. The monoisotopic (exact) mass is 332 g/mol. The molecule has 23 heavy (non-hydrogen) atoms. The van der Waals surface area contributed by atoms with Crippen LogP contribution in [-0.4, -0.2) is 37.1 Å². The van der Waals surface area contributed by atoms with Gasteiger partial charge in [0.2, 0.25) is 0 Å². The lowest BCUT2D eigenvalue weighted by molar-refractivity contribution is -0.141. The summed E-state index contributed by atoms with van der Waals surface area (Å²) in [4.78, 5) is 30.1. The van der Waals surface area contributed by atoms with Gasteiger partial charge in [-0.1, -0.05) is 6.07 Å². The first-order valence-corrected chi connectivity index (χ1v) is 7.96. The van der Waals surface area contributed by atoms with E-state index in [-0.39, 0.29) is 11.9 Å². The van der Waals surface area contributed by atoms with Gasteiger partial charge in [0.15, 0.2) is 6.10 Å². The van der Waals surface area contributed by atoms with Crippen LogP contribution < -0.4 is 9.64 Å². The van der Waals surface area contributed by atoms with Crippen LogP contribution >= 0.6 is 11.3 Å². The number of nitrogens with zero attached hydrogens (tertiary/aromatic N) is 2. The molecule has 2 heterocycles. The first kappa shape index (κ1) is 15.5. The minimum absolute atomic E-state index is 0.126. The fourth-order valence-corrected chi connectivity index (χ4v) is 3.33. The van der Waals surface area contributed by atoms with Crippen LogP contribution in [-0.2, 0) is 14.3 Å². The van der Waals surface area contributed by atoms with E-state index in [0.717, 1.165) is 0 Å². The number of aromatic nitrogens is 1. The molecule has 1 aliphatic heterocycles. The highest BCUT2D eigenvalue weighted by Crippen LogP contribution is 2.37. The van der Waals surface area contributed by atoms with Crippen molar-refractivity contribution in [3.05, 3.63) is 40.3 Å². The van der Waals surface area contributed by atoms with Gasteiger partial charge in [0.05, 0.1) is 12.8 Å². The molecule has 0 spiro atoms. The molecule has 0 radical (unpaired) electrons. The zero-order chi connectivity index (χ0) is 16.6. The molecule has 0 fully saturated rings. The Hall–Kier alpha value is -2.41. The van der Waals surface area contributed by atoms with Crippen molar-refractivity contribution in [1.82, 2.24) is 4.98 Å². The average Bonchev–Trinajstić information content (AvgIpc) is 3.07. The van der Waals surface area contributed by atoms with Gasteiger partial charge in [-0.15, -0.1) is 11.3 Å². The summed E-state index contributed by atoms with van der Waals surface area (Å²) in [6.07, 6.45) is 1.13. The molecule has 2 unspecified atom stereocenters. The molecule has 1 aliphatic rings. The smallest absolute Gasteiger partial charge is 0.320 e. The normalized spacial score (nSPS) is 18.1. The summed E-state index contributed by atoms with van der Waals surface area (Å²) in [5.41, 5.74) is 1.35. The van der Waals surface area contributed by atoms with Crippen LogP contribution in [0.4, 0.5) is 5.69 Å². The highest BCUT2D eigenvalue weighted by molar-refractivity contribution is 7.09. The van der Waals surface area contributed by atoms with Crippen LogP contribution in [0.25, 0.3) is 0 Å². The van der Waals surface area contributed by atoms with Gasteiger partial charge in [0.25, 0.3) is 5.91 Å². The minimum Gasteiger partial charge on any atom is -0.479 e. The van der Waals surface area contributed by atoms with Crippen molar-refractivity contribution in [2.45, 2.75) is 18.9 Å². The number of carbonyl (C=O) groups excluding carboxylic acids is 2. The molecule has 2 aromatic rings. The fourth-order valence-electron chi connectivity index (χ4n) is 2.58. The van der Waals surface area contributed by atoms with Crippen LogP contribution in [0.15, 0.2) is 29.8 Å². The number of rotatable bonds is 3. The van der Waals surface area contributed by atoms with Gasteiger partial charge in [0, 0.05) is 18.6 Å². The summed E-state index contributed by atoms with van der Waals surface area (Å²) < 4.78 is 10.5. The van der Waals surface area contributed by atoms with Gasteiger partial charge in [-0.05, 0) is 24.6 Å². The highest BCUT2D eigenvalue weighted by Gasteiger charge is 2.32. The Balaban J connectivity index is 2.06. The largest absolute Gasteiger partial charge is 0.479 e. The average molecular weight is 332 g/mol. The van der Waals surface area contributed by atoms with Crippen molar-refractivity contribution in [1.29, 1.82) is 0 Å². The third-order valence-corrected chi connectivity index (χ3v) is 4.64. The molecule has 3 rings (SSSR count). The number of benzene rings is 1. The van der Waals surface area contributed by atoms with E-state index in [1.54, 1.807) is 43.3 Å². The van der Waals surface area contributed by atoms with E-state index in [1.807, 2.05) is 5.38 Å². The van der Waals surface area contributed by atoms with E-state index in [9.17, 15) is 9.59 Å². The summed E-state index contributed by atoms with van der Waals surface area (Å²) in [5.74, 6) is -0.517. The topological polar surface area (TPSA) is 68.7 Å². The molecule has 1 aromatic carbocycles. The second-order valence-corrected chi connectivity index (χ2v) is 6.14. The van der Waals surface area contributed by atoms with E-state index in [0.29, 0.717) is 22.0 Å². The third kappa shape index (κ3) is 2.68. The summed E-state index contributed by atoms with van der Waals surface area (Å²) in [5, 5.41) is 2.46. The van der Waals surface area contributed by atoms with Crippen molar-refractivity contribution >= 4 is 28.9 Å². The molecule has 6 nitrogen and oxygen atoms in total. The maximum atomic E-state index is 12.2. The molecule has 0 saturated carbocycles. The Labute approximate surface area is 137 Å². The minimum atomic E-state index is -0.617. The Morgan fingerprint density at radius 3 is 2.91 bits per heavy atom. The Morgan fingerprint density at radius 1 is 1.48 bits per heavy atom. The zero-order valence-electron chi connectivity index (χ0n) is 13.0. The number of thiazole rings is 1. The molecular weight excluding hydrogens is 316 g/mol. The lowest BCUT2D eigenvalue weighted by atomic mass is 9.98. The molecule has 1 aromatic heterocycles. The van der Waals surface area contributed by atoms with Gasteiger partial charge in [-0.25, -0.2) is 4.98 Å². The van der Waals surface area contributed by atoms with E-state index in [2.05, 4.69) is 4.98 Å². The lowest BCUT2D eigenvalue weighted by Crippen LogP contribution is -2.42. The molecule has 0 saturated heterocycles. The summed E-state index contributed by atoms with van der Waals surface area (Å²) in [7, 11) is 3.04. The van der Waals surface area contributed by atoms with Crippen molar-refractivity contribution in [3.63, 3.8) is 0 Å². The van der Waals surface area contributed by atoms with E-state index >= 15 is 0 Å². The predicted octanol–water partition coefficient (Wildman–Crippen LogP) is 2.19. The number of hydrogen-bond acceptors (Lipinski definition) is 6. The third-order valence-electron chi connectivity index (χ3n) is 3.80.